The highest BCUT2D eigenvalue weighted by Crippen LogP contribution is 2.05. The van der Waals surface area contributed by atoms with Crippen molar-refractivity contribution in [3.63, 3.8) is 0 Å². The van der Waals surface area contributed by atoms with Gasteiger partial charge in [-0.1, -0.05) is 18.2 Å². The fraction of sp³-hybridized carbons (Fsp3) is 0.743. The van der Waals surface area contributed by atoms with Crippen molar-refractivity contribution >= 4 is 18.5 Å². The fourth-order valence-corrected chi connectivity index (χ4v) is 3.79. The Morgan fingerprint density at radius 3 is 1.04 bits per heavy atom. The van der Waals surface area contributed by atoms with Gasteiger partial charge in [0.05, 0.1) is 159 Å². The number of hydrogen-bond donors (Lipinski definition) is 1. The average Bonchev–Trinajstić information content (AvgIpc) is 3.15. The van der Waals surface area contributed by atoms with Crippen LogP contribution in [0, 0.1) is 0 Å². The largest absolute Gasteiger partial charge is 0.379 e. The number of nitrogens with one attached hydrogen (secondary N) is 1. The predicted octanol–water partition coefficient (Wildman–Crippen LogP) is 1.02. The quantitative estimate of drug-likeness (QED) is 0.0746. The van der Waals surface area contributed by atoms with Crippen molar-refractivity contribution in [2.45, 2.75) is 6.42 Å². The van der Waals surface area contributed by atoms with Crippen LogP contribution in [0.25, 0.3) is 0 Å². The first-order valence-corrected chi connectivity index (χ1v) is 17.5. The van der Waals surface area contributed by atoms with Crippen LogP contribution in [0.3, 0.4) is 0 Å². The molecule has 0 aliphatic rings. The van der Waals surface area contributed by atoms with Crippen LogP contribution in [0.5, 0.6) is 0 Å². The molecule has 0 atom stereocenters. The minimum atomic E-state index is -0.307. The van der Waals surface area contributed by atoms with Crippen molar-refractivity contribution in [1.82, 2.24) is 5.32 Å². The van der Waals surface area contributed by atoms with Gasteiger partial charge in [-0.2, -0.15) is 0 Å². The van der Waals surface area contributed by atoms with E-state index in [1.54, 1.807) is 24.3 Å². The first kappa shape index (κ1) is 46.6. The zero-order valence-electron chi connectivity index (χ0n) is 30.0. The molecular weight excluding hydrogens is 674 g/mol. The predicted molar refractivity (Wildman–Crippen MR) is 185 cm³/mol. The summed E-state index contributed by atoms with van der Waals surface area (Å²) in [7, 11) is 0. The lowest BCUT2D eigenvalue weighted by atomic mass is 10.1. The molecule has 1 N–H and O–H groups in total. The smallest absolute Gasteiger partial charge is 0.252 e. The number of ether oxygens (including phenoxy) is 12. The van der Waals surface area contributed by atoms with Crippen molar-refractivity contribution in [1.29, 1.82) is 0 Å². The van der Waals surface area contributed by atoms with Crippen molar-refractivity contribution in [3.05, 3.63) is 35.4 Å². The first-order valence-electron chi connectivity index (χ1n) is 17.5. The second kappa shape index (κ2) is 38.8. The van der Waals surface area contributed by atoms with Gasteiger partial charge in [0.15, 0.2) is 6.29 Å². The van der Waals surface area contributed by atoms with Crippen LogP contribution in [0.1, 0.15) is 27.1 Å². The third kappa shape index (κ3) is 32.0. The molecule has 0 spiro atoms. The second-order valence-electron chi connectivity index (χ2n) is 10.3. The van der Waals surface area contributed by atoms with Crippen molar-refractivity contribution < 1.29 is 71.2 Å². The van der Waals surface area contributed by atoms with Gasteiger partial charge in [0.1, 0.15) is 6.29 Å². The van der Waals surface area contributed by atoms with Gasteiger partial charge in [0.25, 0.3) is 5.91 Å². The van der Waals surface area contributed by atoms with Crippen molar-refractivity contribution in [3.8, 4) is 0 Å². The van der Waals surface area contributed by atoms with Crippen LogP contribution in [0.2, 0.25) is 0 Å². The molecule has 51 heavy (non-hydrogen) atoms. The summed E-state index contributed by atoms with van der Waals surface area (Å²) in [6, 6.07) is 6.63. The Morgan fingerprint density at radius 1 is 0.431 bits per heavy atom. The lowest BCUT2D eigenvalue weighted by Gasteiger charge is -2.09. The summed E-state index contributed by atoms with van der Waals surface area (Å²) in [5.74, 6) is -0.307. The molecule has 1 aromatic rings. The van der Waals surface area contributed by atoms with E-state index in [9.17, 15) is 14.4 Å². The van der Waals surface area contributed by atoms with Crippen molar-refractivity contribution in [2.24, 2.45) is 0 Å². The zero-order chi connectivity index (χ0) is 36.6. The van der Waals surface area contributed by atoms with E-state index in [1.165, 1.54) is 0 Å². The summed E-state index contributed by atoms with van der Waals surface area (Å²) < 4.78 is 65.1. The van der Waals surface area contributed by atoms with Gasteiger partial charge in [-0.15, -0.1) is 0 Å². The molecule has 0 fully saturated rings. The Labute approximate surface area is 301 Å². The number of carbonyl (C=O) groups is 3. The maximum atomic E-state index is 12.1. The Bertz CT molecular complexity index is 927. The van der Waals surface area contributed by atoms with Crippen LogP contribution in [-0.2, 0) is 61.6 Å². The molecule has 0 aliphatic carbocycles. The topological polar surface area (TPSA) is 174 Å². The lowest BCUT2D eigenvalue weighted by Crippen LogP contribution is -2.28. The lowest BCUT2D eigenvalue weighted by molar-refractivity contribution is -0.109. The highest BCUT2D eigenvalue weighted by Gasteiger charge is 2.09. The van der Waals surface area contributed by atoms with E-state index >= 15 is 0 Å². The van der Waals surface area contributed by atoms with Gasteiger partial charge >= 0.3 is 0 Å². The summed E-state index contributed by atoms with van der Waals surface area (Å²) >= 11 is 0. The van der Waals surface area contributed by atoms with Crippen LogP contribution in [0.4, 0.5) is 0 Å². The Hall–Kier alpha value is -2.45. The molecule has 0 saturated heterocycles. The standard InChI is InChI=1S/C35H59NO15/c37-7-3-8-40-10-12-42-14-16-44-18-20-46-22-24-48-26-28-50-30-31-51-29-27-49-25-23-47-21-19-45-17-15-43-13-11-41-9-6-36-35(39)34-5-2-1-4-33(34)32-38/h1-2,4-5,7,32H,3,6,8-31H2,(H,36,39). The molecule has 0 aromatic heterocycles. The van der Waals surface area contributed by atoms with E-state index in [-0.39, 0.29) is 5.91 Å². The Kier molecular flexibility index (Phi) is 35.4. The van der Waals surface area contributed by atoms with Gasteiger partial charge < -0.3 is 67.0 Å². The molecular formula is C35H59NO15. The van der Waals surface area contributed by atoms with Gasteiger partial charge in [0.2, 0.25) is 0 Å². The highest BCUT2D eigenvalue weighted by molar-refractivity contribution is 6.01. The summed E-state index contributed by atoms with van der Waals surface area (Å²) in [4.78, 5) is 33.3. The number of aldehydes is 2. The van der Waals surface area contributed by atoms with E-state index in [2.05, 4.69) is 5.32 Å². The second-order valence-corrected chi connectivity index (χ2v) is 10.3. The van der Waals surface area contributed by atoms with E-state index in [0.29, 0.717) is 189 Å². The molecule has 0 radical (unpaired) electrons. The average molecular weight is 734 g/mol. The van der Waals surface area contributed by atoms with Crippen LogP contribution in [0.15, 0.2) is 24.3 Å². The van der Waals surface area contributed by atoms with Gasteiger partial charge in [-0.25, -0.2) is 0 Å². The Balaban J connectivity index is 1.65. The maximum Gasteiger partial charge on any atom is 0.252 e. The number of amides is 1. The van der Waals surface area contributed by atoms with Crippen LogP contribution >= 0.6 is 0 Å². The molecule has 16 heteroatoms. The van der Waals surface area contributed by atoms with E-state index in [4.69, 9.17) is 56.8 Å². The molecule has 1 rings (SSSR count). The van der Waals surface area contributed by atoms with Crippen molar-refractivity contribution in [2.75, 3.05) is 165 Å². The SMILES string of the molecule is O=CCCOCCOCCOCCOCCOCCOCCOCCOCCOCCOCCOCCOCCNC(=O)c1ccccc1C=O. The van der Waals surface area contributed by atoms with E-state index in [0.717, 1.165) is 6.29 Å². The van der Waals surface area contributed by atoms with E-state index in [1.807, 2.05) is 0 Å². The zero-order valence-corrected chi connectivity index (χ0v) is 30.0. The number of rotatable bonds is 41. The molecule has 294 valence electrons. The number of benzene rings is 1. The fourth-order valence-electron chi connectivity index (χ4n) is 3.79. The monoisotopic (exact) mass is 733 g/mol. The summed E-state index contributed by atoms with van der Waals surface area (Å²) in [5, 5.41) is 2.72. The molecule has 0 bridgehead atoms. The van der Waals surface area contributed by atoms with Gasteiger partial charge in [0, 0.05) is 24.1 Å². The third-order valence-electron chi connectivity index (χ3n) is 6.34. The maximum absolute atomic E-state index is 12.1. The molecule has 0 saturated carbocycles. The molecule has 0 heterocycles. The summed E-state index contributed by atoms with van der Waals surface area (Å²) in [6.45, 7) is 11.5. The highest BCUT2D eigenvalue weighted by atomic mass is 16.6. The third-order valence-corrected chi connectivity index (χ3v) is 6.34. The van der Waals surface area contributed by atoms with Crippen LogP contribution < -0.4 is 5.32 Å². The molecule has 0 unspecified atom stereocenters. The van der Waals surface area contributed by atoms with Gasteiger partial charge in [-0.3, -0.25) is 9.59 Å². The summed E-state index contributed by atoms with van der Waals surface area (Å²) in [5.41, 5.74) is 0.701. The van der Waals surface area contributed by atoms with E-state index < -0.39 is 0 Å². The normalized spacial score (nSPS) is 11.2. The molecule has 1 aromatic carbocycles. The minimum absolute atomic E-state index is 0.307. The number of hydrogen-bond acceptors (Lipinski definition) is 15. The Morgan fingerprint density at radius 2 is 0.725 bits per heavy atom. The molecule has 1 amide bonds. The first-order chi connectivity index (χ1) is 25.3. The minimum Gasteiger partial charge on any atom is -0.379 e. The van der Waals surface area contributed by atoms with Gasteiger partial charge in [-0.05, 0) is 6.07 Å². The van der Waals surface area contributed by atoms with Crippen LogP contribution in [-0.4, -0.2) is 184 Å². The molecule has 16 nitrogen and oxygen atoms in total. The summed E-state index contributed by atoms with van der Waals surface area (Å²) in [6.07, 6.45) is 1.90. The molecule has 0 aliphatic heterocycles. The number of carbonyl (C=O) groups excluding carboxylic acids is 3.